The number of fused-ring (bicyclic) bond motifs is 11. The molecule has 57 heavy (non-hydrogen) atoms. The third kappa shape index (κ3) is 5.08. The lowest BCUT2D eigenvalue weighted by atomic mass is 9.91. The fraction of sp³-hybridized carbons (Fsp3) is 0. The van der Waals surface area contributed by atoms with Gasteiger partial charge in [0.15, 0.2) is 0 Å². The van der Waals surface area contributed by atoms with Gasteiger partial charge >= 0.3 is 0 Å². The van der Waals surface area contributed by atoms with Crippen molar-refractivity contribution in [3.8, 4) is 44.9 Å². The number of nitrogens with zero attached hydrogens (tertiary/aromatic N) is 3. The number of rotatable bonds is 4. The van der Waals surface area contributed by atoms with E-state index in [1.807, 2.05) is 17.4 Å². The van der Waals surface area contributed by atoms with Crippen LogP contribution in [-0.4, -0.2) is 15.0 Å². The van der Waals surface area contributed by atoms with Gasteiger partial charge in [-0.2, -0.15) is 0 Å². The van der Waals surface area contributed by atoms with Crippen molar-refractivity contribution in [2.45, 2.75) is 0 Å². The Kier molecular flexibility index (Phi) is 7.10. The molecule has 0 bridgehead atoms. The fourth-order valence-electron chi connectivity index (χ4n) is 8.75. The van der Waals surface area contributed by atoms with Crippen LogP contribution >= 0.6 is 11.3 Å². The molecule has 0 radical (unpaired) electrons. The van der Waals surface area contributed by atoms with Crippen molar-refractivity contribution in [2.75, 3.05) is 0 Å². The maximum atomic E-state index is 5.35. The smallest absolute Gasteiger partial charge is 0.0972 e. The van der Waals surface area contributed by atoms with Gasteiger partial charge in [0.2, 0.25) is 0 Å². The van der Waals surface area contributed by atoms with Gasteiger partial charge in [0.25, 0.3) is 0 Å². The number of hydrogen-bond donors (Lipinski definition) is 0. The SMILES string of the molecule is c1ccc(-c2ccc3ccc4ccc(-c5ccc(-c6ccc7nc(-c8ccccc8)c8ccc9sc%10ccccc%10c9c8c7c6)c6ccccc56)nc4c3n2)cc1. The molecule has 0 saturated heterocycles. The first kappa shape index (κ1) is 32.0. The van der Waals surface area contributed by atoms with Crippen LogP contribution in [0.2, 0.25) is 0 Å². The zero-order valence-corrected chi connectivity index (χ0v) is 31.5. The molecule has 0 N–H and O–H groups in total. The van der Waals surface area contributed by atoms with E-state index in [0.717, 1.165) is 77.4 Å². The molecule has 0 fully saturated rings. The number of benzene rings is 8. The summed E-state index contributed by atoms with van der Waals surface area (Å²) in [6.45, 7) is 0. The zero-order valence-electron chi connectivity index (χ0n) is 30.6. The molecule has 0 amide bonds. The standard InChI is InChI=1S/C53H31N3S/c1-3-11-32(12-4-1)44-27-21-34-19-20-35-22-28-45(56-53(35)52(34)54-44)40-25-24-37(38-15-7-8-16-39(38)40)36-23-29-46-43(31-36)49-42(51(55-46)33-13-5-2-6-14-33)26-30-48-50(49)41-17-9-10-18-47(41)57-48/h1-31H. The van der Waals surface area contributed by atoms with E-state index in [2.05, 4.69) is 182 Å². The van der Waals surface area contributed by atoms with Crippen molar-refractivity contribution >= 4 is 85.8 Å². The second-order valence-corrected chi connectivity index (χ2v) is 15.8. The van der Waals surface area contributed by atoms with Crippen LogP contribution in [0.4, 0.5) is 0 Å². The van der Waals surface area contributed by atoms with Gasteiger partial charge < -0.3 is 0 Å². The lowest BCUT2D eigenvalue weighted by Gasteiger charge is -2.15. The molecule has 12 aromatic rings. The summed E-state index contributed by atoms with van der Waals surface area (Å²) in [6, 6.07) is 67.2. The van der Waals surface area contributed by atoms with Crippen LogP contribution in [0.1, 0.15) is 0 Å². The van der Waals surface area contributed by atoms with Crippen LogP contribution in [0.15, 0.2) is 188 Å². The highest BCUT2D eigenvalue weighted by atomic mass is 32.1. The van der Waals surface area contributed by atoms with Gasteiger partial charge in [-0.15, -0.1) is 11.3 Å². The predicted octanol–water partition coefficient (Wildman–Crippen LogP) is 14.7. The average Bonchev–Trinajstić information content (AvgIpc) is 3.67. The molecule has 12 rings (SSSR count). The Morgan fingerprint density at radius 2 is 0.947 bits per heavy atom. The minimum Gasteiger partial charge on any atom is -0.247 e. The van der Waals surface area contributed by atoms with Gasteiger partial charge in [-0.05, 0) is 58.3 Å². The summed E-state index contributed by atoms with van der Waals surface area (Å²) < 4.78 is 2.59. The summed E-state index contributed by atoms with van der Waals surface area (Å²) in [6.07, 6.45) is 0. The lowest BCUT2D eigenvalue weighted by Crippen LogP contribution is -1.93. The molecule has 0 unspecified atom stereocenters. The molecular formula is C53H31N3S. The van der Waals surface area contributed by atoms with E-state index in [0.29, 0.717) is 0 Å². The Hall–Kier alpha value is -7.27. The van der Waals surface area contributed by atoms with Crippen molar-refractivity contribution in [3.05, 3.63) is 188 Å². The molecule has 0 spiro atoms. The van der Waals surface area contributed by atoms with Crippen LogP contribution in [0.25, 0.3) is 119 Å². The molecule has 3 nitrogen and oxygen atoms in total. The molecule has 0 aliphatic rings. The van der Waals surface area contributed by atoms with Crippen LogP contribution in [-0.2, 0) is 0 Å². The van der Waals surface area contributed by atoms with E-state index < -0.39 is 0 Å². The number of hydrogen-bond acceptors (Lipinski definition) is 4. The van der Waals surface area contributed by atoms with E-state index in [4.69, 9.17) is 15.0 Å². The minimum atomic E-state index is 0.909. The highest BCUT2D eigenvalue weighted by Gasteiger charge is 2.18. The quantitative estimate of drug-likeness (QED) is 0.169. The molecule has 4 heterocycles. The molecule has 4 heteroatoms. The monoisotopic (exact) mass is 741 g/mol. The first-order valence-electron chi connectivity index (χ1n) is 19.3. The number of aromatic nitrogens is 3. The topological polar surface area (TPSA) is 38.7 Å². The van der Waals surface area contributed by atoms with Crippen LogP contribution < -0.4 is 0 Å². The third-order valence-electron chi connectivity index (χ3n) is 11.4. The van der Waals surface area contributed by atoms with Crippen LogP contribution in [0, 0.1) is 0 Å². The molecule has 0 aliphatic heterocycles. The average molecular weight is 742 g/mol. The Labute approximate surface area is 332 Å². The van der Waals surface area contributed by atoms with Crippen molar-refractivity contribution in [2.24, 2.45) is 0 Å². The van der Waals surface area contributed by atoms with Crippen molar-refractivity contribution in [1.82, 2.24) is 15.0 Å². The van der Waals surface area contributed by atoms with E-state index in [-0.39, 0.29) is 0 Å². The Morgan fingerprint density at radius 1 is 0.333 bits per heavy atom. The summed E-state index contributed by atoms with van der Waals surface area (Å²) in [5, 5.41) is 10.7. The Bertz CT molecular complexity index is 3570. The summed E-state index contributed by atoms with van der Waals surface area (Å²) in [5.41, 5.74) is 11.4. The second kappa shape index (κ2) is 12.6. The fourth-order valence-corrected chi connectivity index (χ4v) is 9.87. The van der Waals surface area contributed by atoms with Crippen molar-refractivity contribution in [3.63, 3.8) is 0 Å². The lowest BCUT2D eigenvalue weighted by molar-refractivity contribution is 1.37. The highest BCUT2D eigenvalue weighted by Crippen LogP contribution is 2.45. The maximum absolute atomic E-state index is 5.35. The summed E-state index contributed by atoms with van der Waals surface area (Å²) >= 11 is 1.86. The molecule has 8 aromatic carbocycles. The van der Waals surface area contributed by atoms with Gasteiger partial charge in [0.1, 0.15) is 0 Å². The highest BCUT2D eigenvalue weighted by molar-refractivity contribution is 7.26. The van der Waals surface area contributed by atoms with Gasteiger partial charge in [-0.1, -0.05) is 152 Å². The van der Waals surface area contributed by atoms with Gasteiger partial charge in [-0.25, -0.2) is 15.0 Å². The van der Waals surface area contributed by atoms with Crippen molar-refractivity contribution < 1.29 is 0 Å². The van der Waals surface area contributed by atoms with Crippen LogP contribution in [0.5, 0.6) is 0 Å². The maximum Gasteiger partial charge on any atom is 0.0972 e. The van der Waals surface area contributed by atoms with E-state index in [1.54, 1.807) is 0 Å². The van der Waals surface area contributed by atoms with Gasteiger partial charge in [0.05, 0.1) is 33.6 Å². The molecule has 0 aliphatic carbocycles. The molecule has 0 saturated carbocycles. The summed E-state index contributed by atoms with van der Waals surface area (Å²) in [5.74, 6) is 0. The predicted molar refractivity (Wildman–Crippen MR) is 242 cm³/mol. The van der Waals surface area contributed by atoms with Crippen LogP contribution in [0.3, 0.4) is 0 Å². The zero-order chi connectivity index (χ0) is 37.5. The molecular weight excluding hydrogens is 711 g/mol. The number of pyridine rings is 3. The molecule has 4 aromatic heterocycles. The Morgan fingerprint density at radius 3 is 1.72 bits per heavy atom. The number of thiophene rings is 1. The van der Waals surface area contributed by atoms with Gasteiger partial charge in [0, 0.05) is 63.8 Å². The van der Waals surface area contributed by atoms with E-state index in [1.165, 1.54) is 41.9 Å². The summed E-state index contributed by atoms with van der Waals surface area (Å²) in [7, 11) is 0. The largest absolute Gasteiger partial charge is 0.247 e. The molecule has 264 valence electrons. The normalized spacial score (nSPS) is 11.9. The van der Waals surface area contributed by atoms with E-state index >= 15 is 0 Å². The second-order valence-electron chi connectivity index (χ2n) is 14.7. The molecule has 0 atom stereocenters. The van der Waals surface area contributed by atoms with E-state index in [9.17, 15) is 0 Å². The Balaban J connectivity index is 1.06. The van der Waals surface area contributed by atoms with Crippen molar-refractivity contribution in [1.29, 1.82) is 0 Å². The summed E-state index contributed by atoms with van der Waals surface area (Å²) in [4.78, 5) is 15.9. The van der Waals surface area contributed by atoms with Gasteiger partial charge in [-0.3, -0.25) is 0 Å². The first-order chi connectivity index (χ1) is 28.2. The third-order valence-corrected chi connectivity index (χ3v) is 12.6. The minimum absolute atomic E-state index is 0.909. The first-order valence-corrected chi connectivity index (χ1v) is 20.1.